The summed E-state index contributed by atoms with van der Waals surface area (Å²) in [4.78, 5) is 11.1. The molecule has 1 aliphatic rings. The standard InChI is InChI=1S/C10H19NO3/c11-5-6-13-8-10(12)14-7-9-3-1-2-4-9/h9H,1-8,11H2. The summed E-state index contributed by atoms with van der Waals surface area (Å²) in [6.45, 7) is 1.45. The number of carbonyl (C=O) groups excluding carboxylic acids is 1. The van der Waals surface area contributed by atoms with E-state index in [1.54, 1.807) is 0 Å². The lowest BCUT2D eigenvalue weighted by Gasteiger charge is -2.09. The quantitative estimate of drug-likeness (QED) is 0.507. The maximum atomic E-state index is 11.1. The Labute approximate surface area is 84.7 Å². The van der Waals surface area contributed by atoms with E-state index >= 15 is 0 Å². The molecule has 1 fully saturated rings. The third-order valence-electron chi connectivity index (χ3n) is 2.44. The van der Waals surface area contributed by atoms with Gasteiger partial charge in [-0.2, -0.15) is 0 Å². The van der Waals surface area contributed by atoms with Crippen molar-refractivity contribution in [3.05, 3.63) is 0 Å². The van der Waals surface area contributed by atoms with E-state index in [0.29, 0.717) is 25.7 Å². The van der Waals surface area contributed by atoms with Crippen LogP contribution in [0.15, 0.2) is 0 Å². The Balaban J connectivity index is 1.96. The van der Waals surface area contributed by atoms with Crippen LogP contribution in [0.5, 0.6) is 0 Å². The zero-order valence-corrected chi connectivity index (χ0v) is 8.54. The van der Waals surface area contributed by atoms with Gasteiger partial charge in [-0.05, 0) is 18.8 Å². The fraction of sp³-hybridized carbons (Fsp3) is 0.900. The molecule has 1 aliphatic carbocycles. The van der Waals surface area contributed by atoms with E-state index < -0.39 is 0 Å². The molecule has 4 heteroatoms. The van der Waals surface area contributed by atoms with Gasteiger partial charge in [-0.25, -0.2) is 4.79 Å². The van der Waals surface area contributed by atoms with Gasteiger partial charge in [-0.3, -0.25) is 0 Å². The minimum absolute atomic E-state index is 0.0317. The van der Waals surface area contributed by atoms with E-state index in [1.807, 2.05) is 0 Å². The third kappa shape index (κ3) is 4.58. The zero-order chi connectivity index (χ0) is 10.2. The number of rotatable bonds is 6. The van der Waals surface area contributed by atoms with Crippen molar-refractivity contribution >= 4 is 5.97 Å². The molecule has 82 valence electrons. The van der Waals surface area contributed by atoms with Crippen molar-refractivity contribution in [3.63, 3.8) is 0 Å². The molecule has 0 saturated heterocycles. The molecule has 1 saturated carbocycles. The van der Waals surface area contributed by atoms with Crippen molar-refractivity contribution in [2.24, 2.45) is 11.7 Å². The molecule has 14 heavy (non-hydrogen) atoms. The number of hydrogen-bond acceptors (Lipinski definition) is 4. The second-order valence-corrected chi connectivity index (χ2v) is 3.67. The fourth-order valence-corrected chi connectivity index (χ4v) is 1.67. The molecule has 0 aromatic carbocycles. The molecule has 0 radical (unpaired) electrons. The van der Waals surface area contributed by atoms with Crippen LogP contribution >= 0.6 is 0 Å². The van der Waals surface area contributed by atoms with Gasteiger partial charge < -0.3 is 15.2 Å². The minimum Gasteiger partial charge on any atom is -0.464 e. The molecule has 0 aliphatic heterocycles. The monoisotopic (exact) mass is 201 g/mol. The van der Waals surface area contributed by atoms with E-state index in [0.717, 1.165) is 0 Å². The predicted molar refractivity (Wildman–Crippen MR) is 52.8 cm³/mol. The second-order valence-electron chi connectivity index (χ2n) is 3.67. The van der Waals surface area contributed by atoms with Gasteiger partial charge in [0.2, 0.25) is 0 Å². The summed E-state index contributed by atoms with van der Waals surface area (Å²) in [6, 6.07) is 0. The molecule has 2 N–H and O–H groups in total. The van der Waals surface area contributed by atoms with Gasteiger partial charge in [0.05, 0.1) is 13.2 Å². The molecule has 0 unspecified atom stereocenters. The number of hydrogen-bond donors (Lipinski definition) is 1. The minimum atomic E-state index is -0.273. The molecule has 0 heterocycles. The van der Waals surface area contributed by atoms with E-state index in [9.17, 15) is 4.79 Å². The van der Waals surface area contributed by atoms with Crippen molar-refractivity contribution in [1.29, 1.82) is 0 Å². The Morgan fingerprint density at radius 3 is 2.71 bits per heavy atom. The molecule has 0 atom stereocenters. The second kappa shape index (κ2) is 6.79. The number of carbonyl (C=O) groups is 1. The van der Waals surface area contributed by atoms with E-state index in [1.165, 1.54) is 25.7 Å². The largest absolute Gasteiger partial charge is 0.464 e. The van der Waals surface area contributed by atoms with E-state index in [2.05, 4.69) is 0 Å². The Morgan fingerprint density at radius 2 is 2.07 bits per heavy atom. The van der Waals surface area contributed by atoms with Crippen molar-refractivity contribution in [3.8, 4) is 0 Å². The highest BCUT2D eigenvalue weighted by molar-refractivity contribution is 5.70. The lowest BCUT2D eigenvalue weighted by atomic mass is 10.1. The van der Waals surface area contributed by atoms with Crippen LogP contribution in [0.3, 0.4) is 0 Å². The highest BCUT2D eigenvalue weighted by Crippen LogP contribution is 2.24. The van der Waals surface area contributed by atoms with Gasteiger partial charge in [-0.1, -0.05) is 12.8 Å². The first-order valence-corrected chi connectivity index (χ1v) is 5.26. The van der Waals surface area contributed by atoms with Gasteiger partial charge in [-0.15, -0.1) is 0 Å². The van der Waals surface area contributed by atoms with Crippen molar-refractivity contribution in [2.45, 2.75) is 25.7 Å². The first-order chi connectivity index (χ1) is 6.83. The molecule has 0 aromatic rings. The summed E-state index contributed by atoms with van der Waals surface area (Å²) in [6.07, 6.45) is 4.92. The number of ether oxygens (including phenoxy) is 2. The van der Waals surface area contributed by atoms with Gasteiger partial charge in [0.15, 0.2) is 0 Å². The van der Waals surface area contributed by atoms with Crippen molar-refractivity contribution < 1.29 is 14.3 Å². The fourth-order valence-electron chi connectivity index (χ4n) is 1.67. The van der Waals surface area contributed by atoms with Crippen LogP contribution in [0.25, 0.3) is 0 Å². The number of nitrogens with two attached hydrogens (primary N) is 1. The van der Waals surface area contributed by atoms with Gasteiger partial charge in [0, 0.05) is 6.54 Å². The van der Waals surface area contributed by atoms with Crippen LogP contribution < -0.4 is 5.73 Å². The lowest BCUT2D eigenvalue weighted by molar-refractivity contribution is -0.150. The summed E-state index contributed by atoms with van der Waals surface area (Å²) in [5.41, 5.74) is 5.21. The van der Waals surface area contributed by atoms with Gasteiger partial charge >= 0.3 is 5.97 Å². The first kappa shape index (κ1) is 11.5. The zero-order valence-electron chi connectivity index (χ0n) is 8.54. The molecule has 4 nitrogen and oxygen atoms in total. The molecular weight excluding hydrogens is 182 g/mol. The summed E-state index contributed by atoms with van der Waals surface area (Å²) in [5, 5.41) is 0. The SMILES string of the molecule is NCCOCC(=O)OCC1CCCC1. The average Bonchev–Trinajstić information content (AvgIpc) is 2.68. The Kier molecular flexibility index (Phi) is 5.56. The molecule has 0 aromatic heterocycles. The highest BCUT2D eigenvalue weighted by atomic mass is 16.6. The van der Waals surface area contributed by atoms with Crippen LogP contribution in [-0.4, -0.2) is 32.3 Å². The lowest BCUT2D eigenvalue weighted by Crippen LogP contribution is -2.19. The average molecular weight is 201 g/mol. The third-order valence-corrected chi connectivity index (χ3v) is 2.44. The van der Waals surface area contributed by atoms with Crippen LogP contribution in [0.4, 0.5) is 0 Å². The topological polar surface area (TPSA) is 61.5 Å². The molecule has 0 amide bonds. The maximum Gasteiger partial charge on any atom is 0.332 e. The van der Waals surface area contributed by atoms with E-state index in [4.69, 9.17) is 15.2 Å². The smallest absolute Gasteiger partial charge is 0.332 e. The van der Waals surface area contributed by atoms with Gasteiger partial charge in [0.25, 0.3) is 0 Å². The van der Waals surface area contributed by atoms with Crippen LogP contribution in [0.2, 0.25) is 0 Å². The van der Waals surface area contributed by atoms with Crippen LogP contribution in [0.1, 0.15) is 25.7 Å². The normalized spacial score (nSPS) is 17.2. The maximum absolute atomic E-state index is 11.1. The van der Waals surface area contributed by atoms with Crippen LogP contribution in [-0.2, 0) is 14.3 Å². The summed E-state index contributed by atoms with van der Waals surface area (Å²) in [5.74, 6) is 0.304. The highest BCUT2D eigenvalue weighted by Gasteiger charge is 2.16. The van der Waals surface area contributed by atoms with Gasteiger partial charge in [0.1, 0.15) is 6.61 Å². The number of esters is 1. The Morgan fingerprint density at radius 1 is 1.36 bits per heavy atom. The molecule has 0 spiro atoms. The Bertz CT molecular complexity index is 167. The Hall–Kier alpha value is -0.610. The summed E-state index contributed by atoms with van der Waals surface area (Å²) in [7, 11) is 0. The van der Waals surface area contributed by atoms with Crippen molar-refractivity contribution in [1.82, 2.24) is 0 Å². The molecular formula is C10H19NO3. The first-order valence-electron chi connectivity index (χ1n) is 5.26. The molecule has 0 bridgehead atoms. The summed E-state index contributed by atoms with van der Waals surface area (Å²) >= 11 is 0. The van der Waals surface area contributed by atoms with Crippen LogP contribution in [0, 0.1) is 5.92 Å². The van der Waals surface area contributed by atoms with E-state index in [-0.39, 0.29) is 12.6 Å². The summed E-state index contributed by atoms with van der Waals surface area (Å²) < 4.78 is 10.0. The van der Waals surface area contributed by atoms with Crippen molar-refractivity contribution in [2.75, 3.05) is 26.4 Å². The molecule has 1 rings (SSSR count). The predicted octanol–water partition coefficient (Wildman–Crippen LogP) is 0.695.